The summed E-state index contributed by atoms with van der Waals surface area (Å²) in [5.74, 6) is 0.856. The second kappa shape index (κ2) is 4.57. The topological polar surface area (TPSA) is 45.5 Å². The van der Waals surface area contributed by atoms with Gasteiger partial charge in [0.15, 0.2) is 5.65 Å². The molecular weight excluding hydrogens is 226 g/mol. The van der Waals surface area contributed by atoms with Crippen LogP contribution in [0.15, 0.2) is 18.3 Å². The second-order valence-corrected chi connectivity index (χ2v) is 4.93. The van der Waals surface area contributed by atoms with E-state index < -0.39 is 0 Å². The number of aryl methyl sites for hydroxylation is 1. The van der Waals surface area contributed by atoms with Gasteiger partial charge < -0.3 is 10.2 Å². The van der Waals surface area contributed by atoms with Crippen molar-refractivity contribution in [1.82, 2.24) is 19.9 Å². The molecule has 5 nitrogen and oxygen atoms in total. The standard InChI is InChI=1S/C13H19N5/c1-3-6-17(11-7-14-8-11)13-15-12-5-4-10(2)9-18(12)16-13/h4-5,9,11,14H,3,6-8H2,1-2H3. The summed E-state index contributed by atoms with van der Waals surface area (Å²) in [6.45, 7) is 7.35. The molecule has 18 heavy (non-hydrogen) atoms. The second-order valence-electron chi connectivity index (χ2n) is 4.93. The molecule has 0 aliphatic carbocycles. The minimum Gasteiger partial charge on any atom is -0.334 e. The summed E-state index contributed by atoms with van der Waals surface area (Å²) in [5.41, 5.74) is 2.12. The van der Waals surface area contributed by atoms with Gasteiger partial charge >= 0.3 is 0 Å². The summed E-state index contributed by atoms with van der Waals surface area (Å²) in [4.78, 5) is 6.94. The Labute approximate surface area is 107 Å². The first-order valence-corrected chi connectivity index (χ1v) is 6.58. The fraction of sp³-hybridized carbons (Fsp3) is 0.538. The molecule has 5 heteroatoms. The summed E-state index contributed by atoms with van der Waals surface area (Å²) in [5, 5.41) is 7.91. The van der Waals surface area contributed by atoms with Crippen LogP contribution in [0.1, 0.15) is 18.9 Å². The molecule has 1 aliphatic heterocycles. The highest BCUT2D eigenvalue weighted by molar-refractivity contribution is 5.46. The third-order valence-electron chi connectivity index (χ3n) is 3.39. The smallest absolute Gasteiger partial charge is 0.246 e. The highest BCUT2D eigenvalue weighted by Gasteiger charge is 2.26. The molecule has 2 aromatic heterocycles. The van der Waals surface area contributed by atoms with E-state index in [4.69, 9.17) is 0 Å². The lowest BCUT2D eigenvalue weighted by molar-refractivity contribution is 0.408. The number of pyridine rings is 1. The van der Waals surface area contributed by atoms with Gasteiger partial charge in [-0.25, -0.2) is 4.52 Å². The normalized spacial score (nSPS) is 15.9. The van der Waals surface area contributed by atoms with Crippen molar-refractivity contribution in [2.24, 2.45) is 0 Å². The number of fused-ring (bicyclic) bond motifs is 1. The lowest BCUT2D eigenvalue weighted by atomic mass is 10.1. The van der Waals surface area contributed by atoms with E-state index >= 15 is 0 Å². The summed E-state index contributed by atoms with van der Waals surface area (Å²) in [7, 11) is 0. The van der Waals surface area contributed by atoms with E-state index in [9.17, 15) is 0 Å². The van der Waals surface area contributed by atoms with E-state index in [0.29, 0.717) is 6.04 Å². The zero-order valence-electron chi connectivity index (χ0n) is 10.9. The predicted molar refractivity (Wildman–Crippen MR) is 72.0 cm³/mol. The molecule has 0 radical (unpaired) electrons. The Hall–Kier alpha value is -1.62. The number of anilines is 1. The molecule has 0 aromatic carbocycles. The lowest BCUT2D eigenvalue weighted by Gasteiger charge is -2.37. The van der Waals surface area contributed by atoms with Crippen molar-refractivity contribution in [2.75, 3.05) is 24.5 Å². The Morgan fingerprint density at radius 2 is 2.28 bits per heavy atom. The summed E-state index contributed by atoms with van der Waals surface area (Å²) in [6, 6.07) is 4.64. The first-order chi connectivity index (χ1) is 8.78. The van der Waals surface area contributed by atoms with Crippen LogP contribution < -0.4 is 10.2 Å². The zero-order chi connectivity index (χ0) is 12.5. The van der Waals surface area contributed by atoms with Gasteiger partial charge in [0.25, 0.3) is 0 Å². The summed E-state index contributed by atoms with van der Waals surface area (Å²) >= 11 is 0. The number of aromatic nitrogens is 3. The van der Waals surface area contributed by atoms with Crippen LogP contribution in [-0.2, 0) is 0 Å². The fourth-order valence-electron chi connectivity index (χ4n) is 2.28. The largest absolute Gasteiger partial charge is 0.334 e. The number of nitrogens with zero attached hydrogens (tertiary/aromatic N) is 4. The van der Waals surface area contributed by atoms with Crippen LogP contribution >= 0.6 is 0 Å². The van der Waals surface area contributed by atoms with E-state index in [1.807, 2.05) is 16.8 Å². The molecule has 1 saturated heterocycles. The zero-order valence-corrected chi connectivity index (χ0v) is 10.9. The van der Waals surface area contributed by atoms with Crippen molar-refractivity contribution in [3.8, 4) is 0 Å². The maximum absolute atomic E-state index is 4.63. The minimum atomic E-state index is 0.545. The van der Waals surface area contributed by atoms with E-state index in [1.54, 1.807) is 0 Å². The first kappa shape index (κ1) is 11.5. The maximum Gasteiger partial charge on any atom is 0.246 e. The fourth-order valence-corrected chi connectivity index (χ4v) is 2.28. The molecule has 96 valence electrons. The van der Waals surface area contributed by atoms with Gasteiger partial charge in [0.05, 0.1) is 6.04 Å². The van der Waals surface area contributed by atoms with Gasteiger partial charge in [-0.3, -0.25) is 0 Å². The molecule has 2 aromatic rings. The Kier molecular flexibility index (Phi) is 2.91. The lowest BCUT2D eigenvalue weighted by Crippen LogP contribution is -2.58. The van der Waals surface area contributed by atoms with Gasteiger partial charge in [0.2, 0.25) is 5.95 Å². The Morgan fingerprint density at radius 3 is 2.94 bits per heavy atom. The number of rotatable bonds is 4. The molecule has 1 aliphatic rings. The molecule has 3 heterocycles. The summed E-state index contributed by atoms with van der Waals surface area (Å²) < 4.78 is 1.87. The van der Waals surface area contributed by atoms with Crippen molar-refractivity contribution in [3.05, 3.63) is 23.9 Å². The van der Waals surface area contributed by atoms with Gasteiger partial charge in [-0.1, -0.05) is 13.0 Å². The third-order valence-corrected chi connectivity index (χ3v) is 3.39. The highest BCUT2D eigenvalue weighted by Crippen LogP contribution is 2.16. The van der Waals surface area contributed by atoms with Gasteiger partial charge in [0, 0.05) is 25.8 Å². The van der Waals surface area contributed by atoms with Crippen LogP contribution in [0, 0.1) is 6.92 Å². The van der Waals surface area contributed by atoms with Crippen LogP contribution in [0.2, 0.25) is 0 Å². The molecule has 0 saturated carbocycles. The van der Waals surface area contributed by atoms with Crippen molar-refractivity contribution < 1.29 is 0 Å². The number of nitrogens with one attached hydrogen (secondary N) is 1. The van der Waals surface area contributed by atoms with Gasteiger partial charge in [-0.05, 0) is 25.0 Å². The van der Waals surface area contributed by atoms with Crippen molar-refractivity contribution in [3.63, 3.8) is 0 Å². The van der Waals surface area contributed by atoms with Crippen LogP contribution in [0.25, 0.3) is 5.65 Å². The first-order valence-electron chi connectivity index (χ1n) is 6.58. The van der Waals surface area contributed by atoms with Gasteiger partial charge in [-0.2, -0.15) is 4.98 Å². The van der Waals surface area contributed by atoms with Crippen LogP contribution in [0.5, 0.6) is 0 Å². The average molecular weight is 245 g/mol. The van der Waals surface area contributed by atoms with Crippen molar-refractivity contribution in [2.45, 2.75) is 26.3 Å². The molecule has 0 bridgehead atoms. The van der Waals surface area contributed by atoms with Crippen LogP contribution in [-0.4, -0.2) is 40.3 Å². The van der Waals surface area contributed by atoms with E-state index in [1.165, 1.54) is 5.56 Å². The molecular formula is C13H19N5. The van der Waals surface area contributed by atoms with Gasteiger partial charge in [-0.15, -0.1) is 5.10 Å². The minimum absolute atomic E-state index is 0.545. The van der Waals surface area contributed by atoms with E-state index in [-0.39, 0.29) is 0 Å². The molecule has 0 atom stereocenters. The Balaban J connectivity index is 1.95. The van der Waals surface area contributed by atoms with E-state index in [0.717, 1.165) is 37.7 Å². The molecule has 0 spiro atoms. The van der Waals surface area contributed by atoms with Crippen LogP contribution in [0.4, 0.5) is 5.95 Å². The summed E-state index contributed by atoms with van der Waals surface area (Å²) in [6.07, 6.45) is 3.14. The predicted octanol–water partition coefficient (Wildman–Crippen LogP) is 1.23. The Bertz CT molecular complexity index is 543. The quantitative estimate of drug-likeness (QED) is 0.880. The number of hydrogen-bond acceptors (Lipinski definition) is 4. The maximum atomic E-state index is 4.63. The SMILES string of the molecule is CCCN(c1nc2ccc(C)cn2n1)C1CNC1. The molecule has 3 rings (SSSR count). The molecule has 1 N–H and O–H groups in total. The third kappa shape index (κ3) is 1.95. The van der Waals surface area contributed by atoms with E-state index in [2.05, 4.69) is 40.2 Å². The van der Waals surface area contributed by atoms with Gasteiger partial charge in [0.1, 0.15) is 0 Å². The molecule has 1 fully saturated rings. The van der Waals surface area contributed by atoms with Crippen molar-refractivity contribution in [1.29, 1.82) is 0 Å². The molecule has 0 unspecified atom stereocenters. The number of hydrogen-bond donors (Lipinski definition) is 1. The molecule has 0 amide bonds. The van der Waals surface area contributed by atoms with Crippen LogP contribution in [0.3, 0.4) is 0 Å². The highest BCUT2D eigenvalue weighted by atomic mass is 15.4. The van der Waals surface area contributed by atoms with Crippen molar-refractivity contribution >= 4 is 11.6 Å². The average Bonchev–Trinajstić information content (AvgIpc) is 2.68. The monoisotopic (exact) mass is 245 g/mol. The Morgan fingerprint density at radius 1 is 1.44 bits per heavy atom.